The maximum absolute atomic E-state index is 11.1. The van der Waals surface area contributed by atoms with Gasteiger partial charge in [0.2, 0.25) is 10.0 Å². The summed E-state index contributed by atoms with van der Waals surface area (Å²) in [6.45, 7) is 0. The molecule has 0 radical (unpaired) electrons. The van der Waals surface area contributed by atoms with Crippen LogP contribution in [-0.4, -0.2) is 32.0 Å². The first-order valence-corrected chi connectivity index (χ1v) is 7.23. The van der Waals surface area contributed by atoms with E-state index in [1.54, 1.807) is 18.0 Å². The maximum Gasteiger partial charge on any atom is 0.211 e. The molecule has 0 unspecified atom stereocenters. The molecule has 0 aliphatic rings. The van der Waals surface area contributed by atoms with Gasteiger partial charge in [0.05, 0.1) is 10.8 Å². The Morgan fingerprint density at radius 3 is 2.87 bits per heavy atom. The smallest absolute Gasteiger partial charge is 0.211 e. The van der Waals surface area contributed by atoms with Crippen molar-refractivity contribution in [3.63, 3.8) is 0 Å². The van der Waals surface area contributed by atoms with Crippen molar-refractivity contribution in [1.82, 2.24) is 9.71 Å². The molecule has 0 atom stereocenters. The first-order valence-electron chi connectivity index (χ1n) is 4.59. The van der Waals surface area contributed by atoms with E-state index >= 15 is 0 Å². The minimum absolute atomic E-state index is 0.170. The zero-order valence-corrected chi connectivity index (χ0v) is 10.1. The molecular weight excluding hydrogens is 232 g/mol. The lowest BCUT2D eigenvalue weighted by molar-refractivity contribution is 0.587. The first kappa shape index (κ1) is 12.5. The molecule has 0 spiro atoms. The lowest BCUT2D eigenvalue weighted by atomic mass is 10.5. The number of pyridine rings is 1. The fourth-order valence-electron chi connectivity index (χ4n) is 0.960. The molecule has 1 aromatic heterocycles. The Labute approximate surface area is 94.5 Å². The maximum atomic E-state index is 11.1. The molecule has 0 saturated carbocycles. The molecule has 0 fully saturated rings. The fourth-order valence-corrected chi connectivity index (χ4v) is 2.68. The minimum Gasteiger partial charge on any atom is -0.250 e. The van der Waals surface area contributed by atoms with E-state index in [2.05, 4.69) is 9.71 Å². The van der Waals surface area contributed by atoms with Crippen LogP contribution >= 0.6 is 11.8 Å². The second kappa shape index (κ2) is 6.09. The van der Waals surface area contributed by atoms with Crippen LogP contribution in [-0.2, 0) is 10.0 Å². The van der Waals surface area contributed by atoms with Crippen molar-refractivity contribution >= 4 is 21.8 Å². The lowest BCUT2D eigenvalue weighted by Gasteiger charge is -2.01. The molecule has 0 aromatic carbocycles. The van der Waals surface area contributed by atoms with Crippen LogP contribution in [0, 0.1) is 0 Å². The van der Waals surface area contributed by atoms with Crippen LogP contribution in [0.15, 0.2) is 29.4 Å². The summed E-state index contributed by atoms with van der Waals surface area (Å²) in [6.07, 6.45) is 2.36. The van der Waals surface area contributed by atoms with Gasteiger partial charge in [0.25, 0.3) is 0 Å². The number of sulfonamides is 1. The highest BCUT2D eigenvalue weighted by Crippen LogP contribution is 2.14. The quantitative estimate of drug-likeness (QED) is 0.603. The number of rotatable bonds is 6. The van der Waals surface area contributed by atoms with Crippen molar-refractivity contribution in [3.8, 4) is 0 Å². The highest BCUT2D eigenvalue weighted by Gasteiger charge is 2.05. The SMILES string of the molecule is CNS(=O)(=O)CCCSc1ccccn1. The molecule has 0 aliphatic heterocycles. The monoisotopic (exact) mass is 246 g/mol. The van der Waals surface area contributed by atoms with Crippen LogP contribution < -0.4 is 4.72 Å². The molecule has 6 heteroatoms. The Kier molecular flexibility index (Phi) is 5.07. The minimum atomic E-state index is -3.06. The van der Waals surface area contributed by atoms with E-state index in [4.69, 9.17) is 0 Å². The Hall–Kier alpha value is -0.590. The van der Waals surface area contributed by atoms with Crippen molar-refractivity contribution in [2.45, 2.75) is 11.4 Å². The third-order valence-corrected chi connectivity index (χ3v) is 4.23. The van der Waals surface area contributed by atoms with Crippen molar-refractivity contribution in [1.29, 1.82) is 0 Å². The van der Waals surface area contributed by atoms with Crippen LogP contribution in [0.25, 0.3) is 0 Å². The molecule has 1 rings (SSSR count). The van der Waals surface area contributed by atoms with Gasteiger partial charge in [-0.25, -0.2) is 18.1 Å². The topological polar surface area (TPSA) is 59.1 Å². The molecule has 0 bridgehead atoms. The van der Waals surface area contributed by atoms with Crippen molar-refractivity contribution in [2.24, 2.45) is 0 Å². The van der Waals surface area contributed by atoms with Gasteiger partial charge in [0.15, 0.2) is 0 Å². The van der Waals surface area contributed by atoms with Gasteiger partial charge >= 0.3 is 0 Å². The largest absolute Gasteiger partial charge is 0.250 e. The first-order chi connectivity index (χ1) is 7.14. The number of nitrogens with one attached hydrogen (secondary N) is 1. The van der Waals surface area contributed by atoms with Crippen LogP contribution in [0.2, 0.25) is 0 Å². The summed E-state index contributed by atoms with van der Waals surface area (Å²) in [5, 5.41) is 0.930. The summed E-state index contributed by atoms with van der Waals surface area (Å²) in [5.41, 5.74) is 0. The number of thioether (sulfide) groups is 1. The Bertz CT molecular complexity index is 378. The van der Waals surface area contributed by atoms with Gasteiger partial charge in [-0.2, -0.15) is 0 Å². The zero-order chi connectivity index (χ0) is 11.1. The van der Waals surface area contributed by atoms with E-state index in [0.29, 0.717) is 6.42 Å². The molecule has 0 amide bonds. The van der Waals surface area contributed by atoms with Gasteiger partial charge in [-0.05, 0) is 25.6 Å². The van der Waals surface area contributed by atoms with E-state index in [-0.39, 0.29) is 5.75 Å². The van der Waals surface area contributed by atoms with Crippen molar-refractivity contribution in [3.05, 3.63) is 24.4 Å². The van der Waals surface area contributed by atoms with Crippen LogP contribution in [0.5, 0.6) is 0 Å². The third-order valence-electron chi connectivity index (χ3n) is 1.76. The summed E-state index contributed by atoms with van der Waals surface area (Å²) in [7, 11) is -1.63. The number of hydrogen-bond donors (Lipinski definition) is 1. The van der Waals surface area contributed by atoms with Gasteiger partial charge in [-0.3, -0.25) is 0 Å². The average Bonchev–Trinajstić information content (AvgIpc) is 2.26. The molecular formula is C9H14N2O2S2. The lowest BCUT2D eigenvalue weighted by Crippen LogP contribution is -2.22. The summed E-state index contributed by atoms with van der Waals surface area (Å²) >= 11 is 1.57. The standard InChI is InChI=1S/C9H14N2O2S2/c1-10-15(12,13)8-4-7-14-9-5-2-3-6-11-9/h2-3,5-6,10H,4,7-8H2,1H3. The summed E-state index contributed by atoms with van der Waals surface area (Å²) < 4.78 is 24.4. The molecule has 1 N–H and O–H groups in total. The van der Waals surface area contributed by atoms with E-state index < -0.39 is 10.0 Å². The van der Waals surface area contributed by atoms with Gasteiger partial charge in [-0.15, -0.1) is 11.8 Å². The van der Waals surface area contributed by atoms with Gasteiger partial charge in [-0.1, -0.05) is 6.07 Å². The van der Waals surface area contributed by atoms with Crippen molar-refractivity contribution < 1.29 is 8.42 Å². The molecule has 4 nitrogen and oxygen atoms in total. The molecule has 1 heterocycles. The zero-order valence-electron chi connectivity index (χ0n) is 8.51. The number of hydrogen-bond acceptors (Lipinski definition) is 4. The third kappa shape index (κ3) is 5.15. The summed E-state index contributed by atoms with van der Waals surface area (Å²) in [5.74, 6) is 0.932. The predicted octanol–water partition coefficient (Wildman–Crippen LogP) is 1.11. The van der Waals surface area contributed by atoms with Crippen LogP contribution in [0.3, 0.4) is 0 Å². The highest BCUT2D eigenvalue weighted by atomic mass is 32.2. The van der Waals surface area contributed by atoms with E-state index in [0.717, 1.165) is 10.8 Å². The van der Waals surface area contributed by atoms with Gasteiger partial charge < -0.3 is 0 Å². The normalized spacial score (nSPS) is 11.5. The average molecular weight is 246 g/mol. The summed E-state index contributed by atoms with van der Waals surface area (Å²) in [6, 6.07) is 5.69. The molecule has 0 aliphatic carbocycles. The van der Waals surface area contributed by atoms with Crippen LogP contribution in [0.1, 0.15) is 6.42 Å². The number of aromatic nitrogens is 1. The Morgan fingerprint density at radius 2 is 2.27 bits per heavy atom. The van der Waals surface area contributed by atoms with E-state index in [9.17, 15) is 8.42 Å². The molecule has 15 heavy (non-hydrogen) atoms. The molecule has 0 saturated heterocycles. The summed E-state index contributed by atoms with van der Waals surface area (Å²) in [4.78, 5) is 4.13. The van der Waals surface area contributed by atoms with Crippen LogP contribution in [0.4, 0.5) is 0 Å². The van der Waals surface area contributed by atoms with Gasteiger partial charge in [0.1, 0.15) is 0 Å². The fraction of sp³-hybridized carbons (Fsp3) is 0.444. The molecule has 84 valence electrons. The Balaban J connectivity index is 2.24. The highest BCUT2D eigenvalue weighted by molar-refractivity contribution is 7.99. The molecule has 1 aromatic rings. The second-order valence-corrected chi connectivity index (χ2v) is 6.05. The van der Waals surface area contributed by atoms with E-state index in [1.165, 1.54) is 7.05 Å². The number of nitrogens with zero attached hydrogens (tertiary/aromatic N) is 1. The Morgan fingerprint density at radius 1 is 1.47 bits per heavy atom. The van der Waals surface area contributed by atoms with E-state index in [1.807, 2.05) is 18.2 Å². The van der Waals surface area contributed by atoms with Gasteiger partial charge in [0, 0.05) is 11.9 Å². The second-order valence-electron chi connectivity index (χ2n) is 2.89. The predicted molar refractivity (Wildman–Crippen MR) is 62.4 cm³/mol. The van der Waals surface area contributed by atoms with Crippen molar-refractivity contribution in [2.75, 3.05) is 18.6 Å².